The summed E-state index contributed by atoms with van der Waals surface area (Å²) in [6.45, 7) is 10.7. The van der Waals surface area contributed by atoms with E-state index in [0.29, 0.717) is 23.4 Å². The van der Waals surface area contributed by atoms with Crippen LogP contribution < -0.4 is 9.64 Å². The van der Waals surface area contributed by atoms with Crippen LogP contribution in [-0.4, -0.2) is 28.4 Å². The van der Waals surface area contributed by atoms with E-state index in [1.165, 1.54) is 4.90 Å². The quantitative estimate of drug-likeness (QED) is 0.265. The topological polar surface area (TPSA) is 79.7 Å². The molecule has 0 bridgehead atoms. The van der Waals surface area contributed by atoms with Crippen molar-refractivity contribution in [3.8, 4) is 5.75 Å². The summed E-state index contributed by atoms with van der Waals surface area (Å²) < 4.78 is 5.81. The summed E-state index contributed by atoms with van der Waals surface area (Å²) in [6, 6.07) is 15.7. The molecule has 0 aliphatic carbocycles. The molecule has 1 amide bonds. The van der Waals surface area contributed by atoms with Gasteiger partial charge in [0.1, 0.15) is 11.5 Å². The van der Waals surface area contributed by atoms with Crippen LogP contribution in [0, 0.1) is 0 Å². The fraction of sp³-hybridized carbons (Fsp3) is 0.300. The highest BCUT2D eigenvalue weighted by atomic mass is 16.5. The Bertz CT molecular complexity index is 1310. The molecule has 1 N–H and O–H groups in total. The molecular weight excluding hydrogens is 452 g/mol. The first-order valence-corrected chi connectivity index (χ1v) is 12.2. The fourth-order valence-electron chi connectivity index (χ4n) is 4.55. The average Bonchev–Trinajstić information content (AvgIpc) is 3.14. The van der Waals surface area contributed by atoms with Gasteiger partial charge in [0.2, 0.25) is 0 Å². The van der Waals surface area contributed by atoms with Gasteiger partial charge in [0.05, 0.1) is 18.2 Å². The lowest BCUT2D eigenvalue weighted by Gasteiger charge is -2.26. The van der Waals surface area contributed by atoms with Crippen molar-refractivity contribution in [2.75, 3.05) is 11.5 Å². The van der Waals surface area contributed by atoms with Crippen molar-refractivity contribution in [1.29, 1.82) is 0 Å². The van der Waals surface area contributed by atoms with E-state index in [1.54, 1.807) is 36.7 Å². The Kier molecular flexibility index (Phi) is 6.97. The largest absolute Gasteiger partial charge is 0.507 e. The number of ether oxygens (including phenoxy) is 1. The number of pyridine rings is 1. The first-order chi connectivity index (χ1) is 17.2. The highest BCUT2D eigenvalue weighted by Crippen LogP contribution is 2.43. The molecule has 2 heterocycles. The molecule has 2 aromatic carbocycles. The van der Waals surface area contributed by atoms with Crippen molar-refractivity contribution < 1.29 is 19.4 Å². The molecule has 0 spiro atoms. The van der Waals surface area contributed by atoms with E-state index in [2.05, 4.69) is 32.7 Å². The molecule has 1 unspecified atom stereocenters. The van der Waals surface area contributed by atoms with Gasteiger partial charge in [0.25, 0.3) is 11.7 Å². The van der Waals surface area contributed by atoms with Crippen LogP contribution in [0.2, 0.25) is 0 Å². The first kappa shape index (κ1) is 25.2. The number of benzene rings is 2. The van der Waals surface area contributed by atoms with Crippen LogP contribution in [-0.2, 0) is 21.4 Å². The number of hydrogen-bond donors (Lipinski definition) is 1. The second-order valence-electron chi connectivity index (χ2n) is 9.86. The van der Waals surface area contributed by atoms with Crippen LogP contribution in [0.25, 0.3) is 5.76 Å². The van der Waals surface area contributed by atoms with Gasteiger partial charge in [-0.1, -0.05) is 39.8 Å². The van der Waals surface area contributed by atoms with Gasteiger partial charge < -0.3 is 9.84 Å². The second kappa shape index (κ2) is 9.97. The lowest BCUT2D eigenvalue weighted by Crippen LogP contribution is -2.29. The van der Waals surface area contributed by atoms with E-state index >= 15 is 0 Å². The first-order valence-electron chi connectivity index (χ1n) is 12.2. The molecule has 0 radical (unpaired) electrons. The predicted molar refractivity (Wildman–Crippen MR) is 141 cm³/mol. The van der Waals surface area contributed by atoms with E-state index in [9.17, 15) is 14.7 Å². The number of rotatable bonds is 6. The minimum absolute atomic E-state index is 0.0507. The second-order valence-corrected chi connectivity index (χ2v) is 9.86. The van der Waals surface area contributed by atoms with Gasteiger partial charge in [-0.15, -0.1) is 0 Å². The van der Waals surface area contributed by atoms with Crippen molar-refractivity contribution in [2.24, 2.45) is 0 Å². The summed E-state index contributed by atoms with van der Waals surface area (Å²) in [4.78, 5) is 32.3. The third kappa shape index (κ3) is 4.63. The fourth-order valence-corrected chi connectivity index (χ4v) is 4.55. The summed E-state index contributed by atoms with van der Waals surface area (Å²) in [6.07, 6.45) is 4.09. The van der Waals surface area contributed by atoms with Crippen molar-refractivity contribution in [1.82, 2.24) is 4.98 Å². The smallest absolute Gasteiger partial charge is 0.300 e. The molecule has 3 aromatic rings. The SMILES string of the molecule is CCOc1ccc(/C(O)=C2/C(=O)C(=O)N(c3ccc(CC)cc3)C2c2ccncc2)cc1C(C)(C)C. The minimum Gasteiger partial charge on any atom is -0.507 e. The van der Waals surface area contributed by atoms with E-state index in [4.69, 9.17) is 4.74 Å². The van der Waals surface area contributed by atoms with E-state index in [-0.39, 0.29) is 16.7 Å². The summed E-state index contributed by atoms with van der Waals surface area (Å²) >= 11 is 0. The molecule has 1 atom stereocenters. The van der Waals surface area contributed by atoms with Gasteiger partial charge in [0.15, 0.2) is 0 Å². The Labute approximate surface area is 212 Å². The summed E-state index contributed by atoms with van der Waals surface area (Å²) in [5.41, 5.74) is 3.55. The number of ketones is 1. The van der Waals surface area contributed by atoms with Crippen molar-refractivity contribution in [3.63, 3.8) is 0 Å². The molecule has 6 nitrogen and oxygen atoms in total. The number of amides is 1. The van der Waals surface area contributed by atoms with Gasteiger partial charge >= 0.3 is 0 Å². The molecule has 4 rings (SSSR count). The number of aliphatic hydroxyl groups is 1. The minimum atomic E-state index is -0.787. The number of aryl methyl sites for hydroxylation is 1. The molecule has 1 aliphatic rings. The Morgan fingerprint density at radius 3 is 2.25 bits per heavy atom. The van der Waals surface area contributed by atoms with Crippen LogP contribution in [0.4, 0.5) is 5.69 Å². The Morgan fingerprint density at radius 2 is 1.67 bits per heavy atom. The van der Waals surface area contributed by atoms with E-state index in [1.807, 2.05) is 37.3 Å². The number of hydrogen-bond acceptors (Lipinski definition) is 5. The Hall–Kier alpha value is -3.93. The summed E-state index contributed by atoms with van der Waals surface area (Å²) in [5, 5.41) is 11.5. The molecule has 1 aromatic heterocycles. The van der Waals surface area contributed by atoms with Crippen LogP contribution in [0.5, 0.6) is 5.75 Å². The van der Waals surface area contributed by atoms with Gasteiger partial charge in [-0.05, 0) is 72.4 Å². The van der Waals surface area contributed by atoms with Gasteiger partial charge in [-0.25, -0.2) is 0 Å². The van der Waals surface area contributed by atoms with Gasteiger partial charge in [0, 0.05) is 29.2 Å². The predicted octanol–water partition coefficient (Wildman–Crippen LogP) is 5.97. The number of Topliss-reactive ketones (excluding diaryl/α,β-unsaturated/α-hetero) is 1. The highest BCUT2D eigenvalue weighted by molar-refractivity contribution is 6.51. The standard InChI is InChI=1S/C30H32N2O4/c1-6-19-8-11-22(12-9-19)32-26(20-14-16-31-17-15-20)25(28(34)29(32)35)27(33)21-10-13-24(36-7-2)23(18-21)30(3,4)5/h8-18,26,33H,6-7H2,1-5H3/b27-25-. The average molecular weight is 485 g/mol. The zero-order valence-electron chi connectivity index (χ0n) is 21.4. The maximum atomic E-state index is 13.4. The molecule has 1 fully saturated rings. The normalized spacial score (nSPS) is 17.5. The van der Waals surface area contributed by atoms with Crippen molar-refractivity contribution in [3.05, 3.63) is 94.8 Å². The maximum Gasteiger partial charge on any atom is 0.300 e. The number of carbonyl (C=O) groups excluding carboxylic acids is 2. The van der Waals surface area contributed by atoms with Crippen molar-refractivity contribution >= 4 is 23.1 Å². The number of nitrogens with zero attached hydrogens (tertiary/aromatic N) is 2. The van der Waals surface area contributed by atoms with Gasteiger partial charge in [-0.3, -0.25) is 19.5 Å². The van der Waals surface area contributed by atoms with E-state index in [0.717, 1.165) is 23.3 Å². The number of anilines is 1. The van der Waals surface area contributed by atoms with Crippen LogP contribution in [0.1, 0.15) is 62.9 Å². The molecule has 36 heavy (non-hydrogen) atoms. The molecule has 1 saturated heterocycles. The summed E-state index contributed by atoms with van der Waals surface area (Å²) in [5.74, 6) is -0.884. The third-order valence-corrected chi connectivity index (χ3v) is 6.45. The Balaban J connectivity index is 1.91. The third-order valence-electron chi connectivity index (χ3n) is 6.45. The van der Waals surface area contributed by atoms with Gasteiger partial charge in [-0.2, -0.15) is 0 Å². The number of aliphatic hydroxyl groups excluding tert-OH is 1. The van der Waals surface area contributed by atoms with Crippen LogP contribution >= 0.6 is 0 Å². The van der Waals surface area contributed by atoms with Crippen molar-refractivity contribution in [2.45, 2.75) is 52.5 Å². The molecule has 1 aliphatic heterocycles. The molecule has 186 valence electrons. The number of carbonyl (C=O) groups is 2. The van der Waals surface area contributed by atoms with Crippen LogP contribution in [0.3, 0.4) is 0 Å². The lowest BCUT2D eigenvalue weighted by molar-refractivity contribution is -0.132. The van der Waals surface area contributed by atoms with Crippen LogP contribution in [0.15, 0.2) is 72.6 Å². The monoisotopic (exact) mass is 484 g/mol. The molecule has 0 saturated carbocycles. The Morgan fingerprint density at radius 1 is 1.00 bits per heavy atom. The lowest BCUT2D eigenvalue weighted by atomic mass is 9.84. The molecular formula is C30H32N2O4. The highest BCUT2D eigenvalue weighted by Gasteiger charge is 2.47. The summed E-state index contributed by atoms with van der Waals surface area (Å²) in [7, 11) is 0. The maximum absolute atomic E-state index is 13.4. The number of aromatic nitrogens is 1. The molecule has 6 heteroatoms. The van der Waals surface area contributed by atoms with E-state index < -0.39 is 17.7 Å². The zero-order chi connectivity index (χ0) is 26.0. The zero-order valence-corrected chi connectivity index (χ0v) is 21.4.